The number of methoxy groups -OCH3 is 1. The van der Waals surface area contributed by atoms with Crippen molar-refractivity contribution in [2.75, 3.05) is 20.3 Å². The number of ether oxygens (including phenoxy) is 3. The second-order valence-electron chi connectivity index (χ2n) is 8.26. The van der Waals surface area contributed by atoms with Crippen LogP contribution in [0.4, 0.5) is 0 Å². The summed E-state index contributed by atoms with van der Waals surface area (Å²) in [6.45, 7) is 1.65. The number of aromatic nitrogens is 2. The highest BCUT2D eigenvalue weighted by atomic mass is 32.1. The van der Waals surface area contributed by atoms with Gasteiger partial charge in [-0.15, -0.1) is 11.3 Å². The third-order valence-electron chi connectivity index (χ3n) is 5.86. The Labute approximate surface area is 208 Å². The maximum absolute atomic E-state index is 13.2. The molecule has 1 aliphatic rings. The van der Waals surface area contributed by atoms with Crippen LogP contribution in [0.1, 0.15) is 28.8 Å². The van der Waals surface area contributed by atoms with E-state index in [0.717, 1.165) is 35.6 Å². The predicted molar refractivity (Wildman–Crippen MR) is 136 cm³/mol. The Morgan fingerprint density at radius 3 is 2.80 bits per heavy atom. The van der Waals surface area contributed by atoms with Crippen molar-refractivity contribution >= 4 is 17.2 Å². The monoisotopic (exact) mass is 489 g/mol. The lowest BCUT2D eigenvalue weighted by Gasteiger charge is -2.15. The third-order valence-corrected chi connectivity index (χ3v) is 6.74. The molecule has 0 bridgehead atoms. The van der Waals surface area contributed by atoms with Crippen molar-refractivity contribution in [2.24, 2.45) is 0 Å². The number of benzene rings is 2. The van der Waals surface area contributed by atoms with Crippen molar-refractivity contribution in [3.8, 4) is 27.8 Å². The van der Waals surface area contributed by atoms with Gasteiger partial charge in [-0.25, -0.2) is 4.68 Å². The normalized spacial score (nSPS) is 15.2. The van der Waals surface area contributed by atoms with Crippen molar-refractivity contribution in [3.63, 3.8) is 0 Å². The molecule has 0 saturated carbocycles. The Morgan fingerprint density at radius 1 is 1.17 bits per heavy atom. The molecule has 1 N–H and O–H groups in total. The van der Waals surface area contributed by atoms with Crippen LogP contribution in [0.25, 0.3) is 16.3 Å². The number of carbonyl (C=O) groups excluding carboxylic acids is 1. The number of para-hydroxylation sites is 1. The van der Waals surface area contributed by atoms with Crippen LogP contribution in [0, 0.1) is 0 Å². The van der Waals surface area contributed by atoms with Crippen LogP contribution in [0.2, 0.25) is 0 Å². The highest BCUT2D eigenvalue weighted by molar-refractivity contribution is 7.13. The number of amides is 1. The molecule has 3 heterocycles. The number of nitrogens with zero attached hydrogens (tertiary/aromatic N) is 2. The summed E-state index contributed by atoms with van der Waals surface area (Å²) in [6, 6.07) is 19.4. The fraction of sp³-hybridized carbons (Fsp3) is 0.259. The van der Waals surface area contributed by atoms with E-state index in [1.54, 1.807) is 29.3 Å². The molecule has 1 aliphatic heterocycles. The SMILES string of the molecule is COc1cc(CNC(=O)c2cn(-c3ccccc3)nc2-c2cccs2)ccc1OCC1CCCO1. The van der Waals surface area contributed by atoms with Gasteiger partial charge in [0.2, 0.25) is 0 Å². The van der Waals surface area contributed by atoms with Gasteiger partial charge in [0, 0.05) is 19.3 Å². The first-order valence-corrected chi connectivity index (χ1v) is 12.5. The van der Waals surface area contributed by atoms with Gasteiger partial charge in [-0.05, 0) is 54.1 Å². The van der Waals surface area contributed by atoms with E-state index in [1.807, 2.05) is 66.0 Å². The van der Waals surface area contributed by atoms with E-state index in [4.69, 9.17) is 19.3 Å². The maximum Gasteiger partial charge on any atom is 0.255 e. The molecule has 4 aromatic rings. The number of nitrogens with one attached hydrogen (secondary N) is 1. The molecular formula is C27H27N3O4S. The molecule has 0 aliphatic carbocycles. The van der Waals surface area contributed by atoms with E-state index in [-0.39, 0.29) is 12.0 Å². The Morgan fingerprint density at radius 2 is 2.06 bits per heavy atom. The Hall–Kier alpha value is -3.62. The van der Waals surface area contributed by atoms with Crippen LogP contribution in [0.15, 0.2) is 72.2 Å². The summed E-state index contributed by atoms with van der Waals surface area (Å²) in [5.41, 5.74) is 3.00. The van der Waals surface area contributed by atoms with Gasteiger partial charge in [0.25, 0.3) is 5.91 Å². The first-order valence-electron chi connectivity index (χ1n) is 11.6. The molecule has 0 spiro atoms. The summed E-state index contributed by atoms with van der Waals surface area (Å²) < 4.78 is 18.8. The topological polar surface area (TPSA) is 74.6 Å². The summed E-state index contributed by atoms with van der Waals surface area (Å²) in [5.74, 6) is 1.11. The molecule has 1 saturated heterocycles. The standard InChI is InChI=1S/C27H27N3O4S/c1-32-24-15-19(11-12-23(24)34-18-21-9-5-13-33-21)16-28-27(31)22-17-30(20-7-3-2-4-8-20)29-26(22)25-10-6-14-35-25/h2-4,6-8,10-12,14-15,17,21H,5,9,13,16,18H2,1H3,(H,28,31). The smallest absolute Gasteiger partial charge is 0.255 e. The number of thiophene rings is 1. The second-order valence-corrected chi connectivity index (χ2v) is 9.21. The molecule has 1 fully saturated rings. The second kappa shape index (κ2) is 10.8. The zero-order valence-electron chi connectivity index (χ0n) is 19.5. The first-order chi connectivity index (χ1) is 17.2. The van der Waals surface area contributed by atoms with Gasteiger partial charge in [-0.3, -0.25) is 4.79 Å². The molecule has 8 heteroatoms. The van der Waals surface area contributed by atoms with Gasteiger partial charge >= 0.3 is 0 Å². The van der Waals surface area contributed by atoms with Crippen molar-refractivity contribution in [2.45, 2.75) is 25.5 Å². The Bertz CT molecular complexity index is 1270. The van der Waals surface area contributed by atoms with E-state index in [1.165, 1.54) is 0 Å². The van der Waals surface area contributed by atoms with Crippen molar-refractivity contribution in [1.82, 2.24) is 15.1 Å². The molecule has 180 valence electrons. The van der Waals surface area contributed by atoms with Crippen LogP contribution in [0.3, 0.4) is 0 Å². The average molecular weight is 490 g/mol. The van der Waals surface area contributed by atoms with Gasteiger partial charge in [0.15, 0.2) is 11.5 Å². The number of hydrogen-bond donors (Lipinski definition) is 1. The van der Waals surface area contributed by atoms with Crippen LogP contribution in [-0.2, 0) is 11.3 Å². The molecule has 5 rings (SSSR count). The van der Waals surface area contributed by atoms with Crippen LogP contribution in [-0.4, -0.2) is 42.1 Å². The molecule has 2 aromatic heterocycles. The molecule has 0 radical (unpaired) electrons. The van der Waals surface area contributed by atoms with Crippen molar-refractivity contribution in [1.29, 1.82) is 0 Å². The maximum atomic E-state index is 13.2. The average Bonchev–Trinajstić information content (AvgIpc) is 3.68. The quantitative estimate of drug-likeness (QED) is 0.354. The lowest BCUT2D eigenvalue weighted by atomic mass is 10.1. The lowest BCUT2D eigenvalue weighted by molar-refractivity contribution is 0.0669. The summed E-state index contributed by atoms with van der Waals surface area (Å²) in [7, 11) is 1.61. The van der Waals surface area contributed by atoms with Crippen LogP contribution < -0.4 is 14.8 Å². The van der Waals surface area contributed by atoms with Gasteiger partial charge < -0.3 is 19.5 Å². The van der Waals surface area contributed by atoms with Gasteiger partial charge in [-0.2, -0.15) is 5.10 Å². The minimum Gasteiger partial charge on any atom is -0.493 e. The van der Waals surface area contributed by atoms with E-state index in [2.05, 4.69) is 5.32 Å². The number of carbonyl (C=O) groups is 1. The summed E-state index contributed by atoms with van der Waals surface area (Å²) >= 11 is 1.56. The largest absolute Gasteiger partial charge is 0.493 e. The fourth-order valence-corrected chi connectivity index (χ4v) is 4.75. The minimum absolute atomic E-state index is 0.132. The molecular weight excluding hydrogens is 462 g/mol. The number of hydrogen-bond acceptors (Lipinski definition) is 6. The summed E-state index contributed by atoms with van der Waals surface area (Å²) in [4.78, 5) is 14.2. The Balaban J connectivity index is 1.30. The minimum atomic E-state index is -0.187. The first kappa shape index (κ1) is 23.1. The molecule has 1 amide bonds. The molecule has 1 unspecified atom stereocenters. The van der Waals surface area contributed by atoms with Gasteiger partial charge in [0.05, 0.1) is 29.3 Å². The van der Waals surface area contributed by atoms with E-state index in [9.17, 15) is 4.79 Å². The molecule has 7 nitrogen and oxygen atoms in total. The zero-order valence-corrected chi connectivity index (χ0v) is 20.3. The van der Waals surface area contributed by atoms with Crippen LogP contribution >= 0.6 is 11.3 Å². The fourth-order valence-electron chi connectivity index (χ4n) is 4.03. The highest BCUT2D eigenvalue weighted by Gasteiger charge is 2.20. The molecule has 2 aromatic carbocycles. The molecule has 1 atom stereocenters. The summed E-state index contributed by atoms with van der Waals surface area (Å²) in [5, 5.41) is 9.72. The van der Waals surface area contributed by atoms with Crippen LogP contribution in [0.5, 0.6) is 11.5 Å². The lowest BCUT2D eigenvalue weighted by Crippen LogP contribution is -2.23. The highest BCUT2D eigenvalue weighted by Crippen LogP contribution is 2.30. The molecule has 35 heavy (non-hydrogen) atoms. The van der Waals surface area contributed by atoms with E-state index < -0.39 is 0 Å². The third kappa shape index (κ3) is 5.39. The Kier molecular flexibility index (Phi) is 7.11. The van der Waals surface area contributed by atoms with Gasteiger partial charge in [0.1, 0.15) is 12.3 Å². The van der Waals surface area contributed by atoms with E-state index >= 15 is 0 Å². The van der Waals surface area contributed by atoms with Crippen molar-refractivity contribution in [3.05, 3.63) is 83.4 Å². The predicted octanol–water partition coefficient (Wildman–Crippen LogP) is 5.10. The van der Waals surface area contributed by atoms with Crippen molar-refractivity contribution < 1.29 is 19.0 Å². The summed E-state index contributed by atoms with van der Waals surface area (Å²) in [6.07, 6.45) is 4.00. The zero-order chi connectivity index (χ0) is 24.0. The van der Waals surface area contributed by atoms with E-state index in [0.29, 0.717) is 35.9 Å². The van der Waals surface area contributed by atoms with Gasteiger partial charge in [-0.1, -0.05) is 30.3 Å². The number of rotatable bonds is 9.